The van der Waals surface area contributed by atoms with Crippen molar-refractivity contribution in [2.75, 3.05) is 0 Å². The molecule has 0 aliphatic heterocycles. The number of nitrogens with two attached hydrogens (primary N) is 1. The maximum absolute atomic E-state index is 5.45. The third-order valence-corrected chi connectivity index (χ3v) is 1.95. The Balaban J connectivity index is 2.26. The molecular formula is C8H11N3. The van der Waals surface area contributed by atoms with E-state index in [9.17, 15) is 0 Å². The van der Waals surface area contributed by atoms with Crippen LogP contribution in [0.15, 0.2) is 12.4 Å². The van der Waals surface area contributed by atoms with E-state index >= 15 is 0 Å². The molecule has 1 aromatic heterocycles. The molecular weight excluding hydrogens is 138 g/mol. The molecule has 0 aromatic carbocycles. The van der Waals surface area contributed by atoms with Crippen LogP contribution in [0.2, 0.25) is 0 Å². The Morgan fingerprint density at radius 1 is 1.45 bits per heavy atom. The first kappa shape index (κ1) is 6.73. The second-order valence-electron chi connectivity index (χ2n) is 2.91. The highest BCUT2D eigenvalue weighted by Crippen LogP contribution is 2.38. The smallest absolute Gasteiger partial charge is 0.115 e. The standard InChI is InChI=1S/C8H11N3/c9-4-7-3-8(6-1-2-6)11-5-10-7/h3,5-6H,1-2,4,9H2. The molecule has 0 saturated heterocycles. The van der Waals surface area contributed by atoms with E-state index in [4.69, 9.17) is 5.73 Å². The van der Waals surface area contributed by atoms with Crippen LogP contribution in [0.1, 0.15) is 30.1 Å². The third-order valence-electron chi connectivity index (χ3n) is 1.95. The van der Waals surface area contributed by atoms with Gasteiger partial charge in [-0.3, -0.25) is 0 Å². The van der Waals surface area contributed by atoms with Crippen molar-refractivity contribution < 1.29 is 0 Å². The lowest BCUT2D eigenvalue weighted by atomic mass is 10.2. The van der Waals surface area contributed by atoms with Crippen molar-refractivity contribution in [3.63, 3.8) is 0 Å². The van der Waals surface area contributed by atoms with Gasteiger partial charge >= 0.3 is 0 Å². The largest absolute Gasteiger partial charge is 0.325 e. The van der Waals surface area contributed by atoms with Crippen molar-refractivity contribution >= 4 is 0 Å². The molecule has 1 heterocycles. The molecule has 0 radical (unpaired) electrons. The maximum Gasteiger partial charge on any atom is 0.115 e. The summed E-state index contributed by atoms with van der Waals surface area (Å²) >= 11 is 0. The lowest BCUT2D eigenvalue weighted by Gasteiger charge is -1.98. The number of nitrogens with zero attached hydrogens (tertiary/aromatic N) is 2. The number of aromatic nitrogens is 2. The monoisotopic (exact) mass is 149 g/mol. The summed E-state index contributed by atoms with van der Waals surface area (Å²) in [6, 6.07) is 2.01. The second kappa shape index (κ2) is 2.58. The fraction of sp³-hybridized carbons (Fsp3) is 0.500. The molecule has 58 valence electrons. The van der Waals surface area contributed by atoms with Crippen LogP contribution in [-0.4, -0.2) is 9.97 Å². The molecule has 3 nitrogen and oxygen atoms in total. The summed E-state index contributed by atoms with van der Waals surface area (Å²) in [4.78, 5) is 8.21. The van der Waals surface area contributed by atoms with Crippen LogP contribution in [0.5, 0.6) is 0 Å². The van der Waals surface area contributed by atoms with E-state index in [2.05, 4.69) is 9.97 Å². The van der Waals surface area contributed by atoms with Crippen LogP contribution in [0.25, 0.3) is 0 Å². The van der Waals surface area contributed by atoms with Crippen molar-refractivity contribution in [2.45, 2.75) is 25.3 Å². The quantitative estimate of drug-likeness (QED) is 0.677. The van der Waals surface area contributed by atoms with Gasteiger partial charge < -0.3 is 5.73 Å². The van der Waals surface area contributed by atoms with Gasteiger partial charge in [0.2, 0.25) is 0 Å². The number of rotatable bonds is 2. The summed E-state index contributed by atoms with van der Waals surface area (Å²) in [5.41, 5.74) is 7.56. The second-order valence-corrected chi connectivity index (χ2v) is 2.91. The van der Waals surface area contributed by atoms with Crippen LogP contribution < -0.4 is 5.73 Å². The predicted octanol–water partition coefficient (Wildman–Crippen LogP) is 0.813. The van der Waals surface area contributed by atoms with Crippen LogP contribution in [0.4, 0.5) is 0 Å². The van der Waals surface area contributed by atoms with Crippen LogP contribution in [-0.2, 0) is 6.54 Å². The molecule has 2 rings (SSSR count). The number of hydrogen-bond acceptors (Lipinski definition) is 3. The zero-order valence-electron chi connectivity index (χ0n) is 6.33. The molecule has 0 unspecified atom stereocenters. The molecule has 11 heavy (non-hydrogen) atoms. The van der Waals surface area contributed by atoms with Crippen molar-refractivity contribution in [3.8, 4) is 0 Å². The summed E-state index contributed by atoms with van der Waals surface area (Å²) in [5, 5.41) is 0. The molecule has 0 spiro atoms. The minimum atomic E-state index is 0.516. The molecule has 0 bridgehead atoms. The Bertz CT molecular complexity index is 255. The average Bonchev–Trinajstić information content (AvgIpc) is 2.87. The Kier molecular flexibility index (Phi) is 1.58. The summed E-state index contributed by atoms with van der Waals surface area (Å²) < 4.78 is 0. The van der Waals surface area contributed by atoms with E-state index < -0.39 is 0 Å². The van der Waals surface area contributed by atoms with Gasteiger partial charge in [0.1, 0.15) is 6.33 Å². The Morgan fingerprint density at radius 2 is 2.27 bits per heavy atom. The Hall–Kier alpha value is -0.960. The zero-order chi connectivity index (χ0) is 7.68. The molecule has 2 N–H and O–H groups in total. The molecule has 0 atom stereocenters. The number of hydrogen-bond donors (Lipinski definition) is 1. The van der Waals surface area contributed by atoms with Gasteiger partial charge in [0.15, 0.2) is 0 Å². The van der Waals surface area contributed by atoms with Gasteiger partial charge in [-0.15, -0.1) is 0 Å². The SMILES string of the molecule is NCc1cc(C2CC2)ncn1. The molecule has 1 fully saturated rings. The van der Waals surface area contributed by atoms with Crippen LogP contribution >= 0.6 is 0 Å². The summed E-state index contributed by atoms with van der Waals surface area (Å²) in [5.74, 6) is 0.697. The summed E-state index contributed by atoms with van der Waals surface area (Å²) in [6.45, 7) is 0.516. The Labute approximate surface area is 65.7 Å². The van der Waals surface area contributed by atoms with Gasteiger partial charge in [0.25, 0.3) is 0 Å². The van der Waals surface area contributed by atoms with Gasteiger partial charge in [-0.2, -0.15) is 0 Å². The van der Waals surface area contributed by atoms with Gasteiger partial charge in [-0.05, 0) is 18.9 Å². The molecule has 1 aromatic rings. The highest BCUT2D eigenvalue weighted by atomic mass is 14.9. The lowest BCUT2D eigenvalue weighted by molar-refractivity contribution is 0.912. The average molecular weight is 149 g/mol. The normalized spacial score (nSPS) is 16.8. The van der Waals surface area contributed by atoms with E-state index in [-0.39, 0.29) is 0 Å². The predicted molar refractivity (Wildman–Crippen MR) is 41.9 cm³/mol. The molecule has 1 aliphatic carbocycles. The minimum absolute atomic E-state index is 0.516. The van der Waals surface area contributed by atoms with Crippen LogP contribution in [0, 0.1) is 0 Å². The van der Waals surface area contributed by atoms with E-state index in [1.807, 2.05) is 6.07 Å². The first-order chi connectivity index (χ1) is 5.40. The summed E-state index contributed by atoms with van der Waals surface area (Å²) in [7, 11) is 0. The molecule has 1 aliphatic rings. The topological polar surface area (TPSA) is 51.8 Å². The summed E-state index contributed by atoms with van der Waals surface area (Å²) in [6.07, 6.45) is 4.16. The van der Waals surface area contributed by atoms with Crippen molar-refractivity contribution in [1.29, 1.82) is 0 Å². The van der Waals surface area contributed by atoms with Crippen molar-refractivity contribution in [3.05, 3.63) is 23.8 Å². The van der Waals surface area contributed by atoms with E-state index in [0.29, 0.717) is 12.5 Å². The van der Waals surface area contributed by atoms with Gasteiger partial charge in [0, 0.05) is 18.2 Å². The van der Waals surface area contributed by atoms with E-state index in [1.54, 1.807) is 6.33 Å². The van der Waals surface area contributed by atoms with E-state index in [1.165, 1.54) is 18.5 Å². The molecule has 3 heteroatoms. The zero-order valence-corrected chi connectivity index (χ0v) is 6.33. The molecule has 1 saturated carbocycles. The highest BCUT2D eigenvalue weighted by molar-refractivity contribution is 5.16. The Morgan fingerprint density at radius 3 is 2.91 bits per heavy atom. The van der Waals surface area contributed by atoms with Crippen molar-refractivity contribution in [2.24, 2.45) is 5.73 Å². The fourth-order valence-corrected chi connectivity index (χ4v) is 1.13. The first-order valence-electron chi connectivity index (χ1n) is 3.91. The minimum Gasteiger partial charge on any atom is -0.325 e. The van der Waals surface area contributed by atoms with Crippen LogP contribution in [0.3, 0.4) is 0 Å². The van der Waals surface area contributed by atoms with Gasteiger partial charge in [-0.1, -0.05) is 0 Å². The van der Waals surface area contributed by atoms with Crippen molar-refractivity contribution in [1.82, 2.24) is 9.97 Å². The lowest BCUT2D eigenvalue weighted by Crippen LogP contribution is -2.01. The first-order valence-corrected chi connectivity index (χ1v) is 3.91. The van der Waals surface area contributed by atoms with Gasteiger partial charge in [0.05, 0.1) is 5.69 Å². The maximum atomic E-state index is 5.45. The van der Waals surface area contributed by atoms with E-state index in [0.717, 1.165) is 5.69 Å². The highest BCUT2D eigenvalue weighted by Gasteiger charge is 2.24. The third kappa shape index (κ3) is 1.38. The molecule has 0 amide bonds. The van der Waals surface area contributed by atoms with Gasteiger partial charge in [-0.25, -0.2) is 9.97 Å². The fourth-order valence-electron chi connectivity index (χ4n) is 1.13.